The lowest BCUT2D eigenvalue weighted by atomic mass is 10.1. The van der Waals surface area contributed by atoms with E-state index in [4.69, 9.17) is 0 Å². The number of aryl methyl sites for hydroxylation is 1. The second kappa shape index (κ2) is 6.61. The van der Waals surface area contributed by atoms with Crippen LogP contribution in [0.25, 0.3) is 5.69 Å². The third-order valence-electron chi connectivity index (χ3n) is 3.30. The highest BCUT2D eigenvalue weighted by Crippen LogP contribution is 2.08. The van der Waals surface area contributed by atoms with Crippen molar-refractivity contribution in [2.75, 3.05) is 0 Å². The van der Waals surface area contributed by atoms with Gasteiger partial charge in [-0.15, -0.1) is 5.10 Å². The molecule has 23 heavy (non-hydrogen) atoms. The van der Waals surface area contributed by atoms with Gasteiger partial charge in [0.05, 0.1) is 11.9 Å². The van der Waals surface area contributed by atoms with Crippen molar-refractivity contribution in [3.63, 3.8) is 0 Å². The number of aromatic nitrogens is 4. The van der Waals surface area contributed by atoms with Crippen LogP contribution in [0.5, 0.6) is 0 Å². The van der Waals surface area contributed by atoms with Crippen LogP contribution in [0.4, 0.5) is 0 Å². The number of nitrogens with zero attached hydrogens (tertiary/aromatic N) is 5. The Morgan fingerprint density at radius 1 is 1.17 bits per heavy atom. The zero-order chi connectivity index (χ0) is 16.1. The first-order valence-electron chi connectivity index (χ1n) is 6.96. The van der Waals surface area contributed by atoms with Crippen molar-refractivity contribution in [1.29, 1.82) is 0 Å². The smallest absolute Gasteiger partial charge is 0.267 e. The molecule has 114 valence electrons. The maximum absolute atomic E-state index is 12.0. The van der Waals surface area contributed by atoms with Gasteiger partial charge in [-0.2, -0.15) is 5.10 Å². The van der Waals surface area contributed by atoms with E-state index in [9.17, 15) is 4.79 Å². The molecule has 0 saturated carbocycles. The summed E-state index contributed by atoms with van der Waals surface area (Å²) in [7, 11) is 0. The van der Waals surface area contributed by atoms with E-state index in [-0.39, 0.29) is 5.91 Å². The molecule has 3 rings (SSSR count). The summed E-state index contributed by atoms with van der Waals surface area (Å²) < 4.78 is 1.51. The van der Waals surface area contributed by atoms with Crippen LogP contribution in [-0.4, -0.2) is 32.3 Å². The van der Waals surface area contributed by atoms with Crippen molar-refractivity contribution in [1.82, 2.24) is 25.6 Å². The number of carbonyl (C=O) groups is 1. The molecule has 0 spiro atoms. The molecule has 0 radical (unpaired) electrons. The molecule has 0 aliphatic rings. The van der Waals surface area contributed by atoms with Crippen molar-refractivity contribution >= 4 is 12.1 Å². The lowest BCUT2D eigenvalue weighted by Gasteiger charge is -2.03. The normalized spacial score (nSPS) is 10.8. The summed E-state index contributed by atoms with van der Waals surface area (Å²) in [5.41, 5.74) is 5.84. The number of tetrazole rings is 1. The van der Waals surface area contributed by atoms with E-state index in [0.29, 0.717) is 5.56 Å². The van der Waals surface area contributed by atoms with Gasteiger partial charge in [0.2, 0.25) is 0 Å². The Labute approximate surface area is 132 Å². The summed E-state index contributed by atoms with van der Waals surface area (Å²) >= 11 is 0. The number of carbonyl (C=O) groups excluding carboxylic acids is 1. The Hall–Kier alpha value is -3.35. The number of hydrazone groups is 1. The van der Waals surface area contributed by atoms with E-state index in [1.54, 1.807) is 30.5 Å². The van der Waals surface area contributed by atoms with E-state index >= 15 is 0 Å². The Kier molecular flexibility index (Phi) is 4.19. The molecule has 0 unspecified atom stereocenters. The van der Waals surface area contributed by atoms with Gasteiger partial charge in [-0.25, -0.2) is 10.1 Å². The highest BCUT2D eigenvalue weighted by Gasteiger charge is 2.05. The minimum absolute atomic E-state index is 0.280. The molecule has 1 amide bonds. The molecular weight excluding hydrogens is 292 g/mol. The summed E-state index contributed by atoms with van der Waals surface area (Å²) in [6.45, 7) is 1.99. The molecule has 0 atom stereocenters. The molecule has 0 bridgehead atoms. The van der Waals surface area contributed by atoms with Gasteiger partial charge >= 0.3 is 0 Å². The molecule has 1 aromatic heterocycles. The van der Waals surface area contributed by atoms with Crippen molar-refractivity contribution in [2.24, 2.45) is 5.10 Å². The van der Waals surface area contributed by atoms with Crippen LogP contribution in [0.3, 0.4) is 0 Å². The fourth-order valence-corrected chi connectivity index (χ4v) is 2.00. The van der Waals surface area contributed by atoms with Crippen molar-refractivity contribution < 1.29 is 4.79 Å². The summed E-state index contributed by atoms with van der Waals surface area (Å²) in [6, 6.07) is 14.7. The number of hydrogen-bond acceptors (Lipinski definition) is 5. The van der Waals surface area contributed by atoms with E-state index in [1.165, 1.54) is 11.0 Å². The van der Waals surface area contributed by atoms with Gasteiger partial charge in [-0.05, 0) is 52.7 Å². The largest absolute Gasteiger partial charge is 0.271 e. The van der Waals surface area contributed by atoms with Gasteiger partial charge in [-0.1, -0.05) is 24.3 Å². The van der Waals surface area contributed by atoms with Gasteiger partial charge in [0.1, 0.15) is 6.33 Å². The lowest BCUT2D eigenvalue weighted by molar-refractivity contribution is 0.0955. The molecule has 0 aliphatic carbocycles. The molecule has 0 fully saturated rings. The molecular formula is C16H14N6O. The molecule has 3 aromatic rings. The monoisotopic (exact) mass is 306 g/mol. The van der Waals surface area contributed by atoms with E-state index < -0.39 is 0 Å². The van der Waals surface area contributed by atoms with E-state index in [1.807, 2.05) is 31.2 Å². The Bertz CT molecular complexity index is 824. The van der Waals surface area contributed by atoms with Crippen LogP contribution in [0.2, 0.25) is 0 Å². The summed E-state index contributed by atoms with van der Waals surface area (Å²) in [4.78, 5) is 12.0. The second-order valence-electron chi connectivity index (χ2n) is 4.86. The Morgan fingerprint density at radius 3 is 2.65 bits per heavy atom. The standard InChI is InChI=1S/C16H14N6O/c1-12-4-2-3-5-14(12)10-17-19-16(23)13-6-8-15(9-7-13)22-11-18-20-21-22/h2-11H,1H3,(H,19,23)/b17-10+. The minimum Gasteiger partial charge on any atom is -0.267 e. The van der Waals surface area contributed by atoms with Crippen LogP contribution >= 0.6 is 0 Å². The average Bonchev–Trinajstić information content (AvgIpc) is 3.11. The predicted molar refractivity (Wildman–Crippen MR) is 85.4 cm³/mol. The Morgan fingerprint density at radius 2 is 1.96 bits per heavy atom. The van der Waals surface area contributed by atoms with Crippen molar-refractivity contribution in [2.45, 2.75) is 6.92 Å². The third kappa shape index (κ3) is 3.46. The van der Waals surface area contributed by atoms with E-state index in [0.717, 1.165) is 16.8 Å². The highest BCUT2D eigenvalue weighted by atomic mass is 16.2. The number of nitrogens with one attached hydrogen (secondary N) is 1. The molecule has 7 nitrogen and oxygen atoms in total. The van der Waals surface area contributed by atoms with Gasteiger partial charge in [0.15, 0.2) is 0 Å². The van der Waals surface area contributed by atoms with Crippen molar-refractivity contribution in [3.05, 3.63) is 71.5 Å². The number of hydrogen-bond donors (Lipinski definition) is 1. The Balaban J connectivity index is 1.66. The lowest BCUT2D eigenvalue weighted by Crippen LogP contribution is -2.17. The molecule has 0 saturated heterocycles. The predicted octanol–water partition coefficient (Wildman–Crippen LogP) is 1.73. The highest BCUT2D eigenvalue weighted by molar-refractivity contribution is 5.95. The molecule has 7 heteroatoms. The van der Waals surface area contributed by atoms with Gasteiger partial charge < -0.3 is 0 Å². The summed E-state index contributed by atoms with van der Waals surface area (Å²) in [6.07, 6.45) is 3.12. The second-order valence-corrected chi connectivity index (χ2v) is 4.86. The van der Waals surface area contributed by atoms with Gasteiger partial charge in [-0.3, -0.25) is 4.79 Å². The first-order valence-corrected chi connectivity index (χ1v) is 6.96. The molecule has 1 heterocycles. The number of amides is 1. The van der Waals surface area contributed by atoms with Crippen LogP contribution in [-0.2, 0) is 0 Å². The number of rotatable bonds is 4. The van der Waals surface area contributed by atoms with Crippen LogP contribution in [0, 0.1) is 6.92 Å². The first kappa shape index (κ1) is 14.6. The number of benzene rings is 2. The zero-order valence-electron chi connectivity index (χ0n) is 12.4. The van der Waals surface area contributed by atoms with Crippen LogP contribution in [0.15, 0.2) is 60.0 Å². The topological polar surface area (TPSA) is 85.1 Å². The van der Waals surface area contributed by atoms with Crippen LogP contribution in [0.1, 0.15) is 21.5 Å². The quantitative estimate of drug-likeness (QED) is 0.587. The summed E-state index contributed by atoms with van der Waals surface area (Å²) in [5, 5.41) is 14.9. The minimum atomic E-state index is -0.280. The molecule has 1 N–H and O–H groups in total. The fourth-order valence-electron chi connectivity index (χ4n) is 2.00. The maximum Gasteiger partial charge on any atom is 0.271 e. The van der Waals surface area contributed by atoms with Gasteiger partial charge in [0.25, 0.3) is 5.91 Å². The first-order chi connectivity index (χ1) is 11.2. The van der Waals surface area contributed by atoms with Crippen molar-refractivity contribution in [3.8, 4) is 5.69 Å². The third-order valence-corrected chi connectivity index (χ3v) is 3.30. The maximum atomic E-state index is 12.0. The zero-order valence-corrected chi connectivity index (χ0v) is 12.4. The van der Waals surface area contributed by atoms with Crippen LogP contribution < -0.4 is 5.43 Å². The molecule has 0 aliphatic heterocycles. The van der Waals surface area contributed by atoms with E-state index in [2.05, 4.69) is 26.1 Å². The average molecular weight is 306 g/mol. The molecule has 2 aromatic carbocycles. The SMILES string of the molecule is Cc1ccccc1/C=N/NC(=O)c1ccc(-n2cnnn2)cc1. The van der Waals surface area contributed by atoms with Gasteiger partial charge in [0, 0.05) is 5.56 Å². The summed E-state index contributed by atoms with van der Waals surface area (Å²) in [5.74, 6) is -0.280. The fraction of sp³-hybridized carbons (Fsp3) is 0.0625.